The Kier molecular flexibility index (Phi) is 4.29. The van der Waals surface area contributed by atoms with Gasteiger partial charge in [-0.05, 0) is 32.4 Å². The number of allylic oxidation sites excluding steroid dienone is 3. The standard InChI is InChI=1S/C8H13NO/c1-5-6-8(7(2)3)10-9-4/h5-6H,4H2,1-3H3/b6-5-. The second-order valence-electron chi connectivity index (χ2n) is 2.08. The number of hydrogen-bond donors (Lipinski definition) is 0. The van der Waals surface area contributed by atoms with Crippen LogP contribution in [0, 0.1) is 0 Å². The molecule has 0 aliphatic heterocycles. The summed E-state index contributed by atoms with van der Waals surface area (Å²) >= 11 is 0. The zero-order valence-electron chi connectivity index (χ0n) is 6.72. The number of nitrogens with zero attached hydrogens (tertiary/aromatic N) is 1. The molecule has 0 atom stereocenters. The quantitative estimate of drug-likeness (QED) is 0.255. The second-order valence-corrected chi connectivity index (χ2v) is 2.08. The number of rotatable bonds is 3. The van der Waals surface area contributed by atoms with Crippen molar-refractivity contribution in [3.8, 4) is 0 Å². The summed E-state index contributed by atoms with van der Waals surface area (Å²) in [7, 11) is 0. The SMILES string of the molecule is C=NOC(/C=C\C)=C(C)C. The molecule has 0 fully saturated rings. The zero-order valence-corrected chi connectivity index (χ0v) is 6.72. The van der Waals surface area contributed by atoms with Gasteiger partial charge in [0.05, 0.1) is 0 Å². The fourth-order valence-electron chi connectivity index (χ4n) is 0.509. The molecule has 0 bridgehead atoms. The minimum absolute atomic E-state index is 0.762. The first-order chi connectivity index (χ1) is 4.72. The van der Waals surface area contributed by atoms with E-state index in [0.29, 0.717) is 0 Å². The first kappa shape index (κ1) is 8.95. The van der Waals surface area contributed by atoms with Crippen LogP contribution in [0.15, 0.2) is 28.6 Å². The Labute approximate surface area is 61.9 Å². The molecule has 0 aromatic carbocycles. The summed E-state index contributed by atoms with van der Waals surface area (Å²) in [6.45, 7) is 9.07. The van der Waals surface area contributed by atoms with Crippen LogP contribution in [0.3, 0.4) is 0 Å². The Bertz CT molecular complexity index is 164. The van der Waals surface area contributed by atoms with Gasteiger partial charge in [-0.1, -0.05) is 11.2 Å². The van der Waals surface area contributed by atoms with E-state index < -0.39 is 0 Å². The third-order valence-corrected chi connectivity index (χ3v) is 0.974. The van der Waals surface area contributed by atoms with E-state index in [-0.39, 0.29) is 0 Å². The Morgan fingerprint density at radius 3 is 2.40 bits per heavy atom. The highest BCUT2D eigenvalue weighted by molar-refractivity contribution is 5.23. The normalized spacial score (nSPS) is 9.50. The Hall–Kier alpha value is -1.05. The minimum atomic E-state index is 0.762. The van der Waals surface area contributed by atoms with Gasteiger partial charge < -0.3 is 4.84 Å². The molecule has 10 heavy (non-hydrogen) atoms. The summed E-state index contributed by atoms with van der Waals surface area (Å²) in [5, 5.41) is 3.32. The average molecular weight is 139 g/mol. The van der Waals surface area contributed by atoms with Crippen molar-refractivity contribution in [2.24, 2.45) is 5.16 Å². The van der Waals surface area contributed by atoms with Crippen LogP contribution in [-0.2, 0) is 4.84 Å². The van der Waals surface area contributed by atoms with Gasteiger partial charge in [0.2, 0.25) is 0 Å². The third-order valence-electron chi connectivity index (χ3n) is 0.974. The van der Waals surface area contributed by atoms with Gasteiger partial charge in [0.1, 0.15) is 0 Å². The molecule has 0 aliphatic rings. The lowest BCUT2D eigenvalue weighted by molar-refractivity contribution is 0.241. The van der Waals surface area contributed by atoms with Crippen LogP contribution in [0.1, 0.15) is 20.8 Å². The van der Waals surface area contributed by atoms with Gasteiger partial charge in [-0.15, -0.1) is 0 Å². The molecular formula is C8H13NO. The molecule has 0 aromatic rings. The van der Waals surface area contributed by atoms with E-state index in [9.17, 15) is 0 Å². The third kappa shape index (κ3) is 3.07. The maximum absolute atomic E-state index is 4.85. The smallest absolute Gasteiger partial charge is 0.156 e. The maximum atomic E-state index is 4.85. The van der Waals surface area contributed by atoms with Gasteiger partial charge in [0, 0.05) is 6.72 Å². The fourth-order valence-corrected chi connectivity index (χ4v) is 0.509. The molecule has 0 saturated heterocycles. The van der Waals surface area contributed by atoms with Gasteiger partial charge in [-0.25, -0.2) is 0 Å². The van der Waals surface area contributed by atoms with Crippen molar-refractivity contribution in [3.63, 3.8) is 0 Å². The van der Waals surface area contributed by atoms with Gasteiger partial charge in [0.15, 0.2) is 5.76 Å². The lowest BCUT2D eigenvalue weighted by Crippen LogP contribution is -1.83. The van der Waals surface area contributed by atoms with Crippen LogP contribution in [0.25, 0.3) is 0 Å². The molecule has 0 aliphatic carbocycles. The van der Waals surface area contributed by atoms with Crippen LogP contribution in [0.5, 0.6) is 0 Å². The molecule has 0 amide bonds. The predicted molar refractivity (Wildman–Crippen MR) is 43.8 cm³/mol. The fraction of sp³-hybridized carbons (Fsp3) is 0.375. The molecule has 0 heterocycles. The van der Waals surface area contributed by atoms with E-state index in [1.165, 1.54) is 0 Å². The van der Waals surface area contributed by atoms with Crippen molar-refractivity contribution in [3.05, 3.63) is 23.5 Å². The summed E-state index contributed by atoms with van der Waals surface area (Å²) in [6, 6.07) is 0. The van der Waals surface area contributed by atoms with Crippen LogP contribution in [-0.4, -0.2) is 6.72 Å². The van der Waals surface area contributed by atoms with Gasteiger partial charge >= 0.3 is 0 Å². The second kappa shape index (κ2) is 4.79. The van der Waals surface area contributed by atoms with E-state index >= 15 is 0 Å². The first-order valence-electron chi connectivity index (χ1n) is 3.15. The number of hydrogen-bond acceptors (Lipinski definition) is 2. The summed E-state index contributed by atoms with van der Waals surface area (Å²) < 4.78 is 0. The van der Waals surface area contributed by atoms with Gasteiger partial charge in [0.25, 0.3) is 0 Å². The molecule has 0 rings (SSSR count). The largest absolute Gasteiger partial charge is 0.358 e. The van der Waals surface area contributed by atoms with E-state index in [0.717, 1.165) is 11.3 Å². The molecule has 2 nitrogen and oxygen atoms in total. The Morgan fingerprint density at radius 2 is 2.10 bits per heavy atom. The number of oxime groups is 1. The van der Waals surface area contributed by atoms with E-state index in [4.69, 9.17) is 4.84 Å². The zero-order chi connectivity index (χ0) is 7.98. The van der Waals surface area contributed by atoms with E-state index in [1.54, 1.807) is 0 Å². The molecular weight excluding hydrogens is 126 g/mol. The van der Waals surface area contributed by atoms with Crippen molar-refractivity contribution in [2.75, 3.05) is 0 Å². The van der Waals surface area contributed by atoms with E-state index in [2.05, 4.69) is 11.9 Å². The van der Waals surface area contributed by atoms with Crippen LogP contribution >= 0.6 is 0 Å². The molecule has 0 aromatic heterocycles. The highest BCUT2D eigenvalue weighted by Crippen LogP contribution is 2.06. The molecule has 0 saturated carbocycles. The summed E-state index contributed by atoms with van der Waals surface area (Å²) in [5.74, 6) is 0.762. The lowest BCUT2D eigenvalue weighted by atomic mass is 10.3. The van der Waals surface area contributed by atoms with Crippen LogP contribution < -0.4 is 0 Å². The van der Waals surface area contributed by atoms with Crippen LogP contribution in [0.4, 0.5) is 0 Å². The van der Waals surface area contributed by atoms with Gasteiger partial charge in [-0.3, -0.25) is 0 Å². The molecule has 0 spiro atoms. The van der Waals surface area contributed by atoms with Gasteiger partial charge in [-0.2, -0.15) is 0 Å². The van der Waals surface area contributed by atoms with Crippen molar-refractivity contribution in [1.29, 1.82) is 0 Å². The summed E-state index contributed by atoms with van der Waals surface area (Å²) in [5.41, 5.74) is 1.09. The minimum Gasteiger partial charge on any atom is -0.358 e. The first-order valence-corrected chi connectivity index (χ1v) is 3.15. The van der Waals surface area contributed by atoms with E-state index in [1.807, 2.05) is 32.9 Å². The highest BCUT2D eigenvalue weighted by atomic mass is 16.6. The molecule has 0 N–H and O–H groups in total. The van der Waals surface area contributed by atoms with Crippen molar-refractivity contribution >= 4 is 6.72 Å². The van der Waals surface area contributed by atoms with Crippen LogP contribution in [0.2, 0.25) is 0 Å². The Balaban J connectivity index is 4.26. The maximum Gasteiger partial charge on any atom is 0.156 e. The average Bonchev–Trinajstić information content (AvgIpc) is 1.87. The lowest BCUT2D eigenvalue weighted by Gasteiger charge is -1.99. The molecule has 0 radical (unpaired) electrons. The summed E-state index contributed by atoms with van der Waals surface area (Å²) in [6.07, 6.45) is 3.75. The molecule has 0 unspecified atom stereocenters. The highest BCUT2D eigenvalue weighted by Gasteiger charge is 1.92. The monoisotopic (exact) mass is 139 g/mol. The van der Waals surface area contributed by atoms with Crippen molar-refractivity contribution < 1.29 is 4.84 Å². The molecule has 2 heteroatoms. The topological polar surface area (TPSA) is 21.6 Å². The molecule has 56 valence electrons. The summed E-state index contributed by atoms with van der Waals surface area (Å²) in [4.78, 5) is 4.85. The predicted octanol–water partition coefficient (Wildman–Crippen LogP) is 2.49. The van der Waals surface area contributed by atoms with Crippen molar-refractivity contribution in [1.82, 2.24) is 0 Å². The van der Waals surface area contributed by atoms with Crippen molar-refractivity contribution in [2.45, 2.75) is 20.8 Å². The Morgan fingerprint density at radius 1 is 1.50 bits per heavy atom.